The van der Waals surface area contributed by atoms with E-state index in [1.807, 2.05) is 24.1 Å². The second kappa shape index (κ2) is 6.78. The summed E-state index contributed by atoms with van der Waals surface area (Å²) in [6, 6.07) is 10.6. The molecular formula is C20H21FN4O. The van der Waals surface area contributed by atoms with Crippen LogP contribution in [0, 0.1) is 5.82 Å². The van der Waals surface area contributed by atoms with Gasteiger partial charge < -0.3 is 15.2 Å². The van der Waals surface area contributed by atoms with Gasteiger partial charge >= 0.3 is 0 Å². The molecule has 1 amide bonds. The second-order valence-corrected chi connectivity index (χ2v) is 6.70. The van der Waals surface area contributed by atoms with Crippen molar-refractivity contribution in [3.8, 4) is 0 Å². The fourth-order valence-corrected chi connectivity index (χ4v) is 3.68. The summed E-state index contributed by atoms with van der Waals surface area (Å²) in [6.07, 6.45) is 3.78. The Morgan fingerprint density at radius 1 is 1.35 bits per heavy atom. The van der Waals surface area contributed by atoms with E-state index in [1.54, 1.807) is 24.4 Å². The summed E-state index contributed by atoms with van der Waals surface area (Å²) in [5.74, 6) is 0.698. The summed E-state index contributed by atoms with van der Waals surface area (Å²) in [7, 11) is 1.85. The molecular weight excluding hydrogens is 331 g/mol. The Balaban J connectivity index is 1.56. The maximum Gasteiger partial charge on any atom is 0.270 e. The van der Waals surface area contributed by atoms with E-state index in [2.05, 4.69) is 15.3 Å². The van der Waals surface area contributed by atoms with Gasteiger partial charge in [-0.25, -0.2) is 9.37 Å². The third kappa shape index (κ3) is 3.03. The zero-order chi connectivity index (χ0) is 18.1. The van der Waals surface area contributed by atoms with E-state index in [-0.39, 0.29) is 17.6 Å². The fraction of sp³-hybridized carbons (Fsp3) is 0.300. The van der Waals surface area contributed by atoms with E-state index in [9.17, 15) is 9.18 Å². The Labute approximate surface area is 151 Å². The standard InChI is InChI=1S/C20H21FN4O/c1-22-18-11-13(7-8-23-18)15-5-3-9-25(12-15)20(26)17-10-14-4-2-6-16(21)19(14)24-17/h2,4,6-8,10-11,15,24H,3,5,9,12H2,1H3,(H,22,23)/t15-/m0/s1. The van der Waals surface area contributed by atoms with Gasteiger partial charge in [0.05, 0.1) is 5.52 Å². The minimum Gasteiger partial charge on any atom is -0.373 e. The first-order valence-electron chi connectivity index (χ1n) is 8.86. The molecule has 0 unspecified atom stereocenters. The first kappa shape index (κ1) is 16.6. The van der Waals surface area contributed by atoms with Crippen LogP contribution in [0.2, 0.25) is 0 Å². The van der Waals surface area contributed by atoms with E-state index in [1.165, 1.54) is 11.6 Å². The predicted octanol–water partition coefficient (Wildman–Crippen LogP) is 3.76. The van der Waals surface area contributed by atoms with Crippen LogP contribution >= 0.6 is 0 Å². The lowest BCUT2D eigenvalue weighted by atomic mass is 9.91. The smallest absolute Gasteiger partial charge is 0.270 e. The predicted molar refractivity (Wildman–Crippen MR) is 99.9 cm³/mol. The number of anilines is 1. The Bertz CT molecular complexity index is 952. The summed E-state index contributed by atoms with van der Waals surface area (Å²) in [4.78, 5) is 22.0. The molecule has 0 radical (unpaired) electrons. The third-order valence-corrected chi connectivity index (χ3v) is 5.06. The Kier molecular flexibility index (Phi) is 4.32. The molecule has 1 aromatic carbocycles. The molecule has 3 heterocycles. The van der Waals surface area contributed by atoms with Gasteiger partial charge in [-0.2, -0.15) is 0 Å². The van der Waals surface area contributed by atoms with E-state index in [0.717, 1.165) is 30.6 Å². The molecule has 2 N–H and O–H groups in total. The number of nitrogens with zero attached hydrogens (tertiary/aromatic N) is 2. The number of likely N-dealkylation sites (tertiary alicyclic amines) is 1. The van der Waals surface area contributed by atoms with Crippen molar-refractivity contribution in [2.75, 3.05) is 25.5 Å². The quantitative estimate of drug-likeness (QED) is 0.754. The number of piperidine rings is 1. The van der Waals surface area contributed by atoms with Gasteiger partial charge in [0.15, 0.2) is 0 Å². The van der Waals surface area contributed by atoms with Crippen LogP contribution in [0.3, 0.4) is 0 Å². The van der Waals surface area contributed by atoms with Crippen LogP contribution in [0.15, 0.2) is 42.6 Å². The number of fused-ring (bicyclic) bond motifs is 1. The maximum absolute atomic E-state index is 13.9. The van der Waals surface area contributed by atoms with Crippen molar-refractivity contribution in [2.45, 2.75) is 18.8 Å². The first-order chi connectivity index (χ1) is 12.7. The number of hydrogen-bond donors (Lipinski definition) is 2. The largest absolute Gasteiger partial charge is 0.373 e. The average Bonchev–Trinajstić information content (AvgIpc) is 3.13. The molecule has 4 rings (SSSR count). The summed E-state index contributed by atoms with van der Waals surface area (Å²) in [5.41, 5.74) is 2.01. The SMILES string of the molecule is CNc1cc([C@H]2CCCN(C(=O)c3cc4cccc(F)c4[nH]3)C2)ccn1. The Hall–Kier alpha value is -2.89. The van der Waals surface area contributed by atoms with E-state index >= 15 is 0 Å². The zero-order valence-corrected chi connectivity index (χ0v) is 14.6. The highest BCUT2D eigenvalue weighted by Crippen LogP contribution is 2.29. The monoisotopic (exact) mass is 352 g/mol. The molecule has 134 valence electrons. The van der Waals surface area contributed by atoms with Crippen LogP contribution in [0.1, 0.15) is 34.8 Å². The number of nitrogens with one attached hydrogen (secondary N) is 2. The topological polar surface area (TPSA) is 61.0 Å². The number of carbonyl (C=O) groups is 1. The molecule has 1 aliphatic heterocycles. The molecule has 0 bridgehead atoms. The highest BCUT2D eigenvalue weighted by molar-refractivity contribution is 5.98. The van der Waals surface area contributed by atoms with Crippen molar-refractivity contribution in [1.82, 2.24) is 14.9 Å². The Morgan fingerprint density at radius 3 is 3.04 bits per heavy atom. The number of para-hydroxylation sites is 1. The summed E-state index contributed by atoms with van der Waals surface area (Å²) in [5, 5.41) is 3.77. The molecule has 0 spiro atoms. The number of aromatic amines is 1. The van der Waals surface area contributed by atoms with E-state index in [0.29, 0.717) is 17.8 Å². The number of H-pyrrole nitrogens is 1. The highest BCUT2D eigenvalue weighted by Gasteiger charge is 2.26. The lowest BCUT2D eigenvalue weighted by Gasteiger charge is -2.33. The highest BCUT2D eigenvalue weighted by atomic mass is 19.1. The molecule has 1 fully saturated rings. The number of hydrogen-bond acceptors (Lipinski definition) is 3. The zero-order valence-electron chi connectivity index (χ0n) is 14.6. The van der Waals surface area contributed by atoms with Gasteiger partial charge in [0.25, 0.3) is 5.91 Å². The number of aromatic nitrogens is 2. The van der Waals surface area contributed by atoms with Crippen molar-refractivity contribution in [3.05, 3.63) is 59.7 Å². The molecule has 0 saturated carbocycles. The minimum absolute atomic E-state index is 0.0757. The van der Waals surface area contributed by atoms with Crippen LogP contribution in [0.4, 0.5) is 10.2 Å². The molecule has 2 aromatic heterocycles. The van der Waals surface area contributed by atoms with Gasteiger partial charge in [-0.15, -0.1) is 0 Å². The van der Waals surface area contributed by atoms with Crippen LogP contribution in [0.25, 0.3) is 10.9 Å². The average molecular weight is 352 g/mol. The molecule has 1 aliphatic rings. The second-order valence-electron chi connectivity index (χ2n) is 6.70. The summed E-state index contributed by atoms with van der Waals surface area (Å²) >= 11 is 0. The molecule has 26 heavy (non-hydrogen) atoms. The van der Waals surface area contributed by atoms with Crippen molar-refractivity contribution in [2.24, 2.45) is 0 Å². The van der Waals surface area contributed by atoms with Gasteiger partial charge in [0.1, 0.15) is 17.3 Å². The van der Waals surface area contributed by atoms with Crippen molar-refractivity contribution < 1.29 is 9.18 Å². The van der Waals surface area contributed by atoms with Crippen LogP contribution < -0.4 is 5.32 Å². The Morgan fingerprint density at radius 2 is 2.23 bits per heavy atom. The molecule has 3 aromatic rings. The van der Waals surface area contributed by atoms with E-state index in [4.69, 9.17) is 0 Å². The molecule has 1 saturated heterocycles. The fourth-order valence-electron chi connectivity index (χ4n) is 3.68. The molecule has 6 heteroatoms. The normalized spacial score (nSPS) is 17.5. The number of pyridine rings is 1. The molecule has 1 atom stereocenters. The van der Waals surface area contributed by atoms with Crippen LogP contribution in [-0.2, 0) is 0 Å². The third-order valence-electron chi connectivity index (χ3n) is 5.06. The van der Waals surface area contributed by atoms with Gasteiger partial charge in [-0.05, 0) is 42.7 Å². The number of carbonyl (C=O) groups excluding carboxylic acids is 1. The van der Waals surface area contributed by atoms with Gasteiger partial charge in [0.2, 0.25) is 0 Å². The first-order valence-corrected chi connectivity index (χ1v) is 8.86. The van der Waals surface area contributed by atoms with Crippen molar-refractivity contribution in [1.29, 1.82) is 0 Å². The molecule has 0 aliphatic carbocycles. The summed E-state index contributed by atoms with van der Waals surface area (Å²) in [6.45, 7) is 1.38. The number of benzene rings is 1. The number of halogens is 1. The van der Waals surface area contributed by atoms with Gasteiger partial charge in [0, 0.05) is 37.6 Å². The van der Waals surface area contributed by atoms with Gasteiger partial charge in [-0.1, -0.05) is 12.1 Å². The van der Waals surface area contributed by atoms with Crippen molar-refractivity contribution in [3.63, 3.8) is 0 Å². The molecule has 5 nitrogen and oxygen atoms in total. The number of amides is 1. The lowest BCUT2D eigenvalue weighted by molar-refractivity contribution is 0.0702. The van der Waals surface area contributed by atoms with Gasteiger partial charge in [-0.3, -0.25) is 4.79 Å². The van der Waals surface area contributed by atoms with Crippen LogP contribution in [-0.4, -0.2) is 40.9 Å². The van der Waals surface area contributed by atoms with Crippen LogP contribution in [0.5, 0.6) is 0 Å². The maximum atomic E-state index is 13.9. The minimum atomic E-state index is -0.338. The van der Waals surface area contributed by atoms with Crippen molar-refractivity contribution >= 4 is 22.6 Å². The number of rotatable bonds is 3. The van der Waals surface area contributed by atoms with E-state index < -0.39 is 0 Å². The summed E-state index contributed by atoms with van der Waals surface area (Å²) < 4.78 is 13.9. The lowest BCUT2D eigenvalue weighted by Crippen LogP contribution is -2.39.